The lowest BCUT2D eigenvalue weighted by Crippen LogP contribution is -1.94. The van der Waals surface area contributed by atoms with Crippen LogP contribution < -0.4 is 0 Å². The molecule has 0 amide bonds. The van der Waals surface area contributed by atoms with Crippen molar-refractivity contribution in [3.8, 4) is 27.1 Å². The second-order valence-electron chi connectivity index (χ2n) is 4.83. The molecule has 23 heavy (non-hydrogen) atoms. The molecule has 0 saturated heterocycles. The summed E-state index contributed by atoms with van der Waals surface area (Å²) in [7, 11) is 0. The van der Waals surface area contributed by atoms with Crippen LogP contribution >= 0.6 is 27.3 Å². The summed E-state index contributed by atoms with van der Waals surface area (Å²) in [6.45, 7) is 1.95. The summed E-state index contributed by atoms with van der Waals surface area (Å²) >= 11 is 5.15. The zero-order chi connectivity index (χ0) is 15.8. The first kappa shape index (κ1) is 14.3. The van der Waals surface area contributed by atoms with Crippen molar-refractivity contribution in [3.05, 3.63) is 53.3 Å². The molecule has 114 valence electrons. The van der Waals surface area contributed by atoms with Crippen LogP contribution in [0.1, 0.15) is 5.82 Å². The van der Waals surface area contributed by atoms with Crippen molar-refractivity contribution in [2.24, 2.45) is 0 Å². The lowest BCUT2D eigenvalue weighted by molar-refractivity contribution is 0.961. The van der Waals surface area contributed by atoms with Gasteiger partial charge in [0.05, 0.1) is 5.69 Å². The highest BCUT2D eigenvalue weighted by Crippen LogP contribution is 2.39. The number of nitrogens with one attached hydrogen (secondary N) is 1. The van der Waals surface area contributed by atoms with E-state index in [0.29, 0.717) is 5.82 Å². The molecule has 0 fully saturated rings. The van der Waals surface area contributed by atoms with E-state index in [2.05, 4.69) is 36.1 Å². The third-order valence-corrected chi connectivity index (χ3v) is 5.16. The van der Waals surface area contributed by atoms with Crippen LogP contribution in [0.3, 0.4) is 0 Å². The number of hydrogen-bond acceptors (Lipinski definition) is 5. The number of benzene rings is 1. The molecule has 4 aromatic rings. The van der Waals surface area contributed by atoms with Gasteiger partial charge in [-0.1, -0.05) is 45.5 Å². The van der Waals surface area contributed by atoms with Gasteiger partial charge in [-0.05, 0) is 13.0 Å². The normalized spacial score (nSPS) is 11.0. The van der Waals surface area contributed by atoms with Crippen LogP contribution in [0.15, 0.2) is 47.5 Å². The van der Waals surface area contributed by atoms with Gasteiger partial charge in [-0.2, -0.15) is 5.10 Å². The number of halogens is 1. The fourth-order valence-corrected chi connectivity index (χ4v) is 3.83. The molecule has 1 aromatic carbocycles. The molecular weight excluding hydrogens is 376 g/mol. The quantitative estimate of drug-likeness (QED) is 0.580. The molecule has 0 aliphatic rings. The van der Waals surface area contributed by atoms with Crippen LogP contribution in [0.5, 0.6) is 0 Å². The van der Waals surface area contributed by atoms with E-state index >= 15 is 0 Å². The molecule has 0 aliphatic carbocycles. The molecule has 0 aliphatic heterocycles. The summed E-state index contributed by atoms with van der Waals surface area (Å²) in [5, 5.41) is 7.73. The van der Waals surface area contributed by atoms with E-state index in [1.807, 2.05) is 42.0 Å². The fraction of sp³-hybridized carbons (Fsp3) is 0.0667. The Labute approximate surface area is 144 Å². The van der Waals surface area contributed by atoms with Gasteiger partial charge < -0.3 is 0 Å². The summed E-state index contributed by atoms with van der Waals surface area (Å²) in [5.41, 5.74) is 1.88. The average Bonchev–Trinajstić information content (AvgIpc) is 3.26. The number of imidazole rings is 1. The molecule has 8 heteroatoms. The molecule has 0 atom stereocenters. The first-order chi connectivity index (χ1) is 11.2. The maximum Gasteiger partial charge on any atom is 0.196 e. The maximum atomic E-state index is 4.82. The van der Waals surface area contributed by atoms with Gasteiger partial charge in [0.15, 0.2) is 11.0 Å². The third-order valence-electron chi connectivity index (χ3n) is 3.41. The summed E-state index contributed by atoms with van der Waals surface area (Å²) in [4.78, 5) is 14.3. The number of aryl methyl sites for hydroxylation is 1. The fourth-order valence-electron chi connectivity index (χ4n) is 2.30. The molecule has 6 nitrogen and oxygen atoms in total. The highest BCUT2D eigenvalue weighted by atomic mass is 79.9. The molecule has 3 heterocycles. The summed E-state index contributed by atoms with van der Waals surface area (Å²) in [5.74, 6) is 1.60. The zero-order valence-corrected chi connectivity index (χ0v) is 14.5. The van der Waals surface area contributed by atoms with Gasteiger partial charge in [0, 0.05) is 22.4 Å². The Bertz CT molecular complexity index is 956. The second-order valence-corrected chi connectivity index (χ2v) is 6.66. The Morgan fingerprint density at radius 3 is 2.78 bits per heavy atom. The molecule has 0 spiro atoms. The van der Waals surface area contributed by atoms with Crippen molar-refractivity contribution in [3.63, 3.8) is 0 Å². The van der Waals surface area contributed by atoms with Gasteiger partial charge >= 0.3 is 0 Å². The van der Waals surface area contributed by atoms with E-state index in [1.165, 1.54) is 6.33 Å². The lowest BCUT2D eigenvalue weighted by Gasteiger charge is -2.02. The second kappa shape index (κ2) is 5.71. The van der Waals surface area contributed by atoms with Crippen molar-refractivity contribution in [1.29, 1.82) is 0 Å². The van der Waals surface area contributed by atoms with Crippen molar-refractivity contribution < 1.29 is 0 Å². The van der Waals surface area contributed by atoms with Crippen LogP contribution in [0, 0.1) is 6.92 Å². The SMILES string of the molecule is Cc1nccn1-c1nc(-c2ccccc2Br)c(-c2ncn[nH]2)s1. The molecule has 0 unspecified atom stereocenters. The summed E-state index contributed by atoms with van der Waals surface area (Å²) < 4.78 is 2.95. The van der Waals surface area contributed by atoms with Crippen LogP contribution in [0.2, 0.25) is 0 Å². The lowest BCUT2D eigenvalue weighted by atomic mass is 10.1. The number of aromatic amines is 1. The smallest absolute Gasteiger partial charge is 0.196 e. The third kappa shape index (κ3) is 2.49. The first-order valence-corrected chi connectivity index (χ1v) is 8.47. The number of aromatic nitrogens is 6. The Balaban J connectivity index is 1.96. The summed E-state index contributed by atoms with van der Waals surface area (Å²) in [6.07, 6.45) is 5.17. The molecule has 3 aromatic heterocycles. The van der Waals surface area contributed by atoms with E-state index in [-0.39, 0.29) is 0 Å². The Kier molecular flexibility index (Phi) is 3.55. The molecule has 0 bridgehead atoms. The highest BCUT2D eigenvalue weighted by Gasteiger charge is 2.20. The molecule has 0 saturated carbocycles. The Morgan fingerprint density at radius 2 is 2.09 bits per heavy atom. The monoisotopic (exact) mass is 386 g/mol. The summed E-state index contributed by atoms with van der Waals surface area (Å²) in [6, 6.07) is 8.01. The van der Waals surface area contributed by atoms with Gasteiger partial charge in [0.25, 0.3) is 0 Å². The molecule has 4 rings (SSSR count). The number of rotatable bonds is 3. The standard InChI is InChI=1S/C15H11BrN6S/c1-9-17-6-7-22(9)15-20-12(10-4-2-3-5-11(10)16)13(23-15)14-18-8-19-21-14/h2-8H,1H3,(H,18,19,21). The molecular formula is C15H11BrN6S. The molecule has 1 N–H and O–H groups in total. The van der Waals surface area contributed by atoms with Gasteiger partial charge in [0.1, 0.15) is 17.0 Å². The number of H-pyrrole nitrogens is 1. The van der Waals surface area contributed by atoms with Crippen molar-refractivity contribution >= 4 is 27.3 Å². The first-order valence-electron chi connectivity index (χ1n) is 6.86. The van der Waals surface area contributed by atoms with Gasteiger partial charge in [-0.3, -0.25) is 9.67 Å². The van der Waals surface area contributed by atoms with Crippen LogP contribution in [0.25, 0.3) is 27.1 Å². The Hall–Kier alpha value is -2.32. The van der Waals surface area contributed by atoms with E-state index in [1.54, 1.807) is 17.5 Å². The van der Waals surface area contributed by atoms with Crippen molar-refractivity contribution in [2.45, 2.75) is 6.92 Å². The minimum absolute atomic E-state index is 0.706. The van der Waals surface area contributed by atoms with Crippen LogP contribution in [0.4, 0.5) is 0 Å². The average molecular weight is 387 g/mol. The van der Waals surface area contributed by atoms with E-state index in [9.17, 15) is 0 Å². The largest absolute Gasteiger partial charge is 0.279 e. The number of nitrogens with zero attached hydrogens (tertiary/aromatic N) is 5. The van der Waals surface area contributed by atoms with Gasteiger partial charge in [0.2, 0.25) is 0 Å². The van der Waals surface area contributed by atoms with Crippen LogP contribution in [-0.4, -0.2) is 29.7 Å². The minimum atomic E-state index is 0.706. The zero-order valence-electron chi connectivity index (χ0n) is 12.1. The topological polar surface area (TPSA) is 72.3 Å². The van der Waals surface area contributed by atoms with Crippen LogP contribution in [-0.2, 0) is 0 Å². The van der Waals surface area contributed by atoms with E-state index in [0.717, 1.165) is 31.6 Å². The predicted octanol–water partition coefficient (Wildman–Crippen LogP) is 3.85. The van der Waals surface area contributed by atoms with E-state index in [4.69, 9.17) is 4.98 Å². The molecule has 0 radical (unpaired) electrons. The van der Waals surface area contributed by atoms with Crippen molar-refractivity contribution in [2.75, 3.05) is 0 Å². The highest BCUT2D eigenvalue weighted by molar-refractivity contribution is 9.10. The minimum Gasteiger partial charge on any atom is -0.279 e. The van der Waals surface area contributed by atoms with Gasteiger partial charge in [-0.25, -0.2) is 15.0 Å². The maximum absolute atomic E-state index is 4.82. The Morgan fingerprint density at radius 1 is 1.22 bits per heavy atom. The number of thiazole rings is 1. The number of hydrogen-bond donors (Lipinski definition) is 1. The van der Waals surface area contributed by atoms with Crippen molar-refractivity contribution in [1.82, 2.24) is 29.7 Å². The van der Waals surface area contributed by atoms with Gasteiger partial charge in [-0.15, -0.1) is 0 Å². The van der Waals surface area contributed by atoms with E-state index < -0.39 is 0 Å². The predicted molar refractivity (Wildman–Crippen MR) is 92.5 cm³/mol.